The summed E-state index contributed by atoms with van der Waals surface area (Å²) in [5, 5.41) is 3.26. The monoisotopic (exact) mass is 337 g/mol. The molecule has 0 atom stereocenters. The Balaban J connectivity index is 1.79. The Hall–Kier alpha value is -1.10. The van der Waals surface area contributed by atoms with Crippen molar-refractivity contribution in [3.05, 3.63) is 0 Å². The Bertz CT molecular complexity index is 434. The highest BCUT2D eigenvalue weighted by atomic mass is 16.2. The van der Waals surface area contributed by atoms with Gasteiger partial charge in [0.15, 0.2) is 0 Å². The Kier molecular flexibility index (Phi) is 6.67. The first-order valence-corrected chi connectivity index (χ1v) is 9.62. The maximum Gasteiger partial charge on any atom is 0.227 e. The van der Waals surface area contributed by atoms with Crippen molar-refractivity contribution in [2.45, 2.75) is 65.8 Å². The van der Waals surface area contributed by atoms with Gasteiger partial charge in [0.25, 0.3) is 0 Å². The molecule has 0 spiro atoms. The molecule has 2 rings (SSSR count). The van der Waals surface area contributed by atoms with E-state index in [-0.39, 0.29) is 23.1 Å². The highest BCUT2D eigenvalue weighted by Crippen LogP contribution is 2.22. The molecule has 24 heavy (non-hydrogen) atoms. The number of carbonyl (C=O) groups is 2. The van der Waals surface area contributed by atoms with Crippen molar-refractivity contribution >= 4 is 11.8 Å². The third kappa shape index (κ3) is 5.20. The molecule has 0 aromatic carbocycles. The maximum atomic E-state index is 12.7. The molecule has 138 valence electrons. The molecule has 0 unspecified atom stereocenters. The molecule has 1 saturated heterocycles. The Morgan fingerprint density at radius 1 is 1.04 bits per heavy atom. The molecule has 1 aliphatic carbocycles. The Labute approximate surface area is 147 Å². The lowest BCUT2D eigenvalue weighted by Crippen LogP contribution is -2.54. The van der Waals surface area contributed by atoms with Crippen LogP contribution in [0.25, 0.3) is 0 Å². The average Bonchev–Trinajstić information content (AvgIpc) is 2.55. The second-order valence-corrected chi connectivity index (χ2v) is 8.45. The zero-order valence-corrected chi connectivity index (χ0v) is 15.9. The zero-order chi connectivity index (χ0) is 17.7. The number of amides is 2. The van der Waals surface area contributed by atoms with Gasteiger partial charge in [-0.05, 0) is 26.7 Å². The van der Waals surface area contributed by atoms with E-state index in [1.807, 2.05) is 32.6 Å². The molecule has 1 saturated carbocycles. The van der Waals surface area contributed by atoms with Gasteiger partial charge in [-0.2, -0.15) is 0 Å². The van der Waals surface area contributed by atoms with Crippen LogP contribution in [-0.2, 0) is 9.59 Å². The first-order valence-electron chi connectivity index (χ1n) is 9.62. The lowest BCUT2D eigenvalue weighted by Gasteiger charge is -2.39. The topological polar surface area (TPSA) is 52.7 Å². The van der Waals surface area contributed by atoms with Crippen molar-refractivity contribution in [1.82, 2.24) is 15.1 Å². The SMILES string of the molecule is CC(C)C(=O)N1CCN(CC(C)(C)C(=O)NC2CCCCC2)CC1. The van der Waals surface area contributed by atoms with E-state index < -0.39 is 0 Å². The maximum absolute atomic E-state index is 12.7. The lowest BCUT2D eigenvalue weighted by atomic mass is 9.89. The van der Waals surface area contributed by atoms with Crippen LogP contribution < -0.4 is 5.32 Å². The van der Waals surface area contributed by atoms with Crippen molar-refractivity contribution in [2.75, 3.05) is 32.7 Å². The van der Waals surface area contributed by atoms with Crippen molar-refractivity contribution in [3.63, 3.8) is 0 Å². The molecule has 5 nitrogen and oxygen atoms in total. The number of piperazine rings is 1. The molecule has 1 heterocycles. The molecule has 0 radical (unpaired) electrons. The summed E-state index contributed by atoms with van der Waals surface area (Å²) in [7, 11) is 0. The number of nitrogens with one attached hydrogen (secondary N) is 1. The summed E-state index contributed by atoms with van der Waals surface area (Å²) in [6, 6.07) is 0.367. The van der Waals surface area contributed by atoms with Crippen LogP contribution in [0, 0.1) is 11.3 Å². The van der Waals surface area contributed by atoms with Crippen molar-refractivity contribution < 1.29 is 9.59 Å². The van der Waals surface area contributed by atoms with Gasteiger partial charge in [0, 0.05) is 44.7 Å². The quantitative estimate of drug-likeness (QED) is 0.837. The normalized spacial score (nSPS) is 21.1. The first-order chi connectivity index (χ1) is 11.3. The molecule has 0 aromatic rings. The van der Waals surface area contributed by atoms with Crippen molar-refractivity contribution in [2.24, 2.45) is 11.3 Å². The van der Waals surface area contributed by atoms with Gasteiger partial charge in [-0.15, -0.1) is 0 Å². The number of nitrogens with zero attached hydrogens (tertiary/aromatic N) is 2. The average molecular weight is 338 g/mol. The van der Waals surface area contributed by atoms with Crippen molar-refractivity contribution in [3.8, 4) is 0 Å². The van der Waals surface area contributed by atoms with Gasteiger partial charge < -0.3 is 10.2 Å². The molecule has 2 aliphatic rings. The summed E-state index contributed by atoms with van der Waals surface area (Å²) in [5.41, 5.74) is -0.387. The molecular formula is C19H35N3O2. The van der Waals surface area contributed by atoms with Gasteiger partial charge in [-0.3, -0.25) is 14.5 Å². The van der Waals surface area contributed by atoms with E-state index in [0.29, 0.717) is 6.04 Å². The van der Waals surface area contributed by atoms with E-state index in [0.717, 1.165) is 45.6 Å². The fourth-order valence-corrected chi connectivity index (χ4v) is 3.75. The Morgan fingerprint density at radius 2 is 1.62 bits per heavy atom. The van der Waals surface area contributed by atoms with Gasteiger partial charge >= 0.3 is 0 Å². The van der Waals surface area contributed by atoms with Crippen LogP contribution in [0.15, 0.2) is 0 Å². The fourth-order valence-electron chi connectivity index (χ4n) is 3.75. The van der Waals surface area contributed by atoms with E-state index >= 15 is 0 Å². The minimum Gasteiger partial charge on any atom is -0.353 e. The van der Waals surface area contributed by atoms with Crippen LogP contribution in [0.3, 0.4) is 0 Å². The molecule has 1 aliphatic heterocycles. The highest BCUT2D eigenvalue weighted by Gasteiger charge is 2.33. The van der Waals surface area contributed by atoms with Gasteiger partial charge in [0.1, 0.15) is 0 Å². The van der Waals surface area contributed by atoms with E-state index in [2.05, 4.69) is 10.2 Å². The molecular weight excluding hydrogens is 302 g/mol. The summed E-state index contributed by atoms with van der Waals surface area (Å²) in [4.78, 5) is 29.0. The minimum atomic E-state index is -0.387. The fraction of sp³-hybridized carbons (Fsp3) is 0.895. The van der Waals surface area contributed by atoms with Crippen LogP contribution in [0.1, 0.15) is 59.8 Å². The predicted molar refractivity (Wildman–Crippen MR) is 96.7 cm³/mol. The molecule has 0 aromatic heterocycles. The van der Waals surface area contributed by atoms with Gasteiger partial charge in [-0.1, -0.05) is 33.1 Å². The molecule has 2 amide bonds. The summed E-state index contributed by atoms with van der Waals surface area (Å²) in [5.74, 6) is 0.480. The number of hydrogen-bond acceptors (Lipinski definition) is 3. The second-order valence-electron chi connectivity index (χ2n) is 8.45. The van der Waals surface area contributed by atoms with Crippen LogP contribution in [0.4, 0.5) is 0 Å². The summed E-state index contributed by atoms with van der Waals surface area (Å²) in [6.45, 7) is 12.0. The summed E-state index contributed by atoms with van der Waals surface area (Å²) in [6.07, 6.45) is 6.01. The smallest absolute Gasteiger partial charge is 0.227 e. The first kappa shape index (κ1) is 19.2. The van der Waals surface area contributed by atoms with Crippen LogP contribution in [0.2, 0.25) is 0 Å². The highest BCUT2D eigenvalue weighted by molar-refractivity contribution is 5.82. The van der Waals surface area contributed by atoms with Gasteiger partial charge in [-0.25, -0.2) is 0 Å². The standard InChI is InChI=1S/C19H35N3O2/c1-15(2)17(23)22-12-10-21(11-13-22)14-19(3,4)18(24)20-16-8-6-5-7-9-16/h15-16H,5-14H2,1-4H3,(H,20,24). The minimum absolute atomic E-state index is 0.0641. The van der Waals surface area contributed by atoms with Crippen molar-refractivity contribution in [1.29, 1.82) is 0 Å². The summed E-state index contributed by atoms with van der Waals surface area (Å²) >= 11 is 0. The predicted octanol–water partition coefficient (Wildman–Crippen LogP) is 2.26. The molecule has 1 N–H and O–H groups in total. The van der Waals surface area contributed by atoms with Gasteiger partial charge in [0.2, 0.25) is 11.8 Å². The van der Waals surface area contributed by atoms with Crippen LogP contribution in [0.5, 0.6) is 0 Å². The summed E-state index contributed by atoms with van der Waals surface area (Å²) < 4.78 is 0. The van der Waals surface area contributed by atoms with Crippen LogP contribution in [-0.4, -0.2) is 60.4 Å². The van der Waals surface area contributed by atoms with E-state index in [1.165, 1.54) is 19.3 Å². The second kappa shape index (κ2) is 8.32. The third-order valence-electron chi connectivity index (χ3n) is 5.35. The Morgan fingerprint density at radius 3 is 2.17 bits per heavy atom. The number of hydrogen-bond donors (Lipinski definition) is 1. The molecule has 0 bridgehead atoms. The van der Waals surface area contributed by atoms with Gasteiger partial charge in [0.05, 0.1) is 5.41 Å². The zero-order valence-electron chi connectivity index (χ0n) is 15.9. The lowest BCUT2D eigenvalue weighted by molar-refractivity contribution is -0.137. The van der Waals surface area contributed by atoms with E-state index in [9.17, 15) is 9.59 Å². The van der Waals surface area contributed by atoms with E-state index in [1.54, 1.807) is 0 Å². The number of rotatable bonds is 5. The van der Waals surface area contributed by atoms with E-state index in [4.69, 9.17) is 0 Å². The third-order valence-corrected chi connectivity index (χ3v) is 5.35. The largest absolute Gasteiger partial charge is 0.353 e. The molecule has 2 fully saturated rings. The van der Waals surface area contributed by atoms with Crippen LogP contribution >= 0.6 is 0 Å². The molecule has 5 heteroatoms. The number of carbonyl (C=O) groups excluding carboxylic acids is 2.